The summed E-state index contributed by atoms with van der Waals surface area (Å²) in [5.41, 5.74) is 1.12. The molecule has 0 saturated carbocycles. The minimum absolute atomic E-state index is 0.276. The molecule has 0 bridgehead atoms. The summed E-state index contributed by atoms with van der Waals surface area (Å²) in [5.74, 6) is 0.933. The van der Waals surface area contributed by atoms with Gasteiger partial charge in [-0.25, -0.2) is 0 Å². The summed E-state index contributed by atoms with van der Waals surface area (Å²) < 4.78 is 1.21. The maximum atomic E-state index is 12.1. The van der Waals surface area contributed by atoms with E-state index in [0.29, 0.717) is 12.3 Å². The number of benzene rings is 1. The number of piperidine rings is 1. The Kier molecular flexibility index (Phi) is 4.42. The number of carbonyl (C=O) groups excluding carboxylic acids is 1. The summed E-state index contributed by atoms with van der Waals surface area (Å²) in [7, 11) is 0. The van der Waals surface area contributed by atoms with E-state index in [1.165, 1.54) is 9.99 Å². The van der Waals surface area contributed by atoms with E-state index < -0.39 is 0 Å². The number of hydrogen-bond acceptors (Lipinski definition) is 1. The SMILES string of the molecule is CC1CCCN(C(=O)Cc2ccc(I)cc2)C1. The molecular weight excluding hydrogens is 325 g/mol. The third kappa shape index (κ3) is 3.69. The highest BCUT2D eigenvalue weighted by Gasteiger charge is 2.20. The molecule has 1 aliphatic heterocycles. The molecule has 0 aliphatic carbocycles. The molecule has 1 heterocycles. The first kappa shape index (κ1) is 12.9. The molecule has 1 fully saturated rings. The quantitative estimate of drug-likeness (QED) is 0.756. The molecule has 2 nitrogen and oxygen atoms in total. The lowest BCUT2D eigenvalue weighted by atomic mass is 9.99. The van der Waals surface area contributed by atoms with Crippen LogP contribution in [0.5, 0.6) is 0 Å². The van der Waals surface area contributed by atoms with E-state index in [1.807, 2.05) is 17.0 Å². The third-order valence-electron chi connectivity index (χ3n) is 3.28. The fourth-order valence-electron chi connectivity index (χ4n) is 2.30. The Hall–Kier alpha value is -0.580. The van der Waals surface area contributed by atoms with Gasteiger partial charge in [0.15, 0.2) is 0 Å². The fraction of sp³-hybridized carbons (Fsp3) is 0.500. The summed E-state index contributed by atoms with van der Waals surface area (Å²) in [6.45, 7) is 4.10. The molecule has 92 valence electrons. The summed E-state index contributed by atoms with van der Waals surface area (Å²) in [6, 6.07) is 8.21. The monoisotopic (exact) mass is 343 g/mol. The zero-order valence-corrected chi connectivity index (χ0v) is 12.3. The van der Waals surface area contributed by atoms with Crippen LogP contribution >= 0.6 is 22.6 Å². The van der Waals surface area contributed by atoms with Gasteiger partial charge in [0.2, 0.25) is 5.91 Å². The largest absolute Gasteiger partial charge is 0.342 e. The summed E-state index contributed by atoms with van der Waals surface area (Å²) in [4.78, 5) is 14.1. The highest BCUT2D eigenvalue weighted by atomic mass is 127. The molecule has 1 aromatic rings. The summed E-state index contributed by atoms with van der Waals surface area (Å²) >= 11 is 2.28. The summed E-state index contributed by atoms with van der Waals surface area (Å²) in [6.07, 6.45) is 2.95. The topological polar surface area (TPSA) is 20.3 Å². The van der Waals surface area contributed by atoms with Gasteiger partial charge in [0, 0.05) is 16.7 Å². The molecule has 0 radical (unpaired) electrons. The van der Waals surface area contributed by atoms with E-state index >= 15 is 0 Å². The molecule has 2 rings (SSSR count). The smallest absolute Gasteiger partial charge is 0.226 e. The van der Waals surface area contributed by atoms with Gasteiger partial charge in [-0.3, -0.25) is 4.79 Å². The van der Waals surface area contributed by atoms with Crippen LogP contribution in [0.1, 0.15) is 25.3 Å². The van der Waals surface area contributed by atoms with Crippen LogP contribution in [0, 0.1) is 9.49 Å². The minimum Gasteiger partial charge on any atom is -0.342 e. The van der Waals surface area contributed by atoms with E-state index in [2.05, 4.69) is 41.6 Å². The van der Waals surface area contributed by atoms with Crippen LogP contribution in [0.2, 0.25) is 0 Å². The Morgan fingerprint density at radius 3 is 2.76 bits per heavy atom. The van der Waals surface area contributed by atoms with Gasteiger partial charge >= 0.3 is 0 Å². The van der Waals surface area contributed by atoms with Gasteiger partial charge in [-0.1, -0.05) is 19.1 Å². The molecule has 1 saturated heterocycles. The molecule has 1 unspecified atom stereocenters. The first-order chi connectivity index (χ1) is 8.15. The predicted molar refractivity (Wildman–Crippen MR) is 77.8 cm³/mol. The van der Waals surface area contributed by atoms with Crippen molar-refractivity contribution in [2.24, 2.45) is 5.92 Å². The van der Waals surface area contributed by atoms with E-state index in [9.17, 15) is 4.79 Å². The molecular formula is C14H18INO. The lowest BCUT2D eigenvalue weighted by Gasteiger charge is -2.31. The molecule has 17 heavy (non-hydrogen) atoms. The first-order valence-electron chi connectivity index (χ1n) is 6.17. The maximum Gasteiger partial charge on any atom is 0.226 e. The van der Waals surface area contributed by atoms with Gasteiger partial charge in [0.05, 0.1) is 6.42 Å². The number of likely N-dealkylation sites (tertiary alicyclic amines) is 1. The van der Waals surface area contributed by atoms with Gasteiger partial charge < -0.3 is 4.90 Å². The Balaban J connectivity index is 1.94. The summed E-state index contributed by atoms with van der Waals surface area (Å²) in [5, 5.41) is 0. The second kappa shape index (κ2) is 5.85. The highest BCUT2D eigenvalue weighted by Crippen LogP contribution is 2.17. The van der Waals surface area contributed by atoms with Crippen LogP contribution < -0.4 is 0 Å². The average molecular weight is 343 g/mol. The van der Waals surface area contributed by atoms with E-state index in [0.717, 1.165) is 25.1 Å². The Morgan fingerprint density at radius 1 is 1.41 bits per heavy atom. The van der Waals surface area contributed by atoms with Crippen LogP contribution in [-0.4, -0.2) is 23.9 Å². The van der Waals surface area contributed by atoms with Gasteiger partial charge in [0.1, 0.15) is 0 Å². The van der Waals surface area contributed by atoms with Crippen LogP contribution in [0.15, 0.2) is 24.3 Å². The van der Waals surface area contributed by atoms with Crippen molar-refractivity contribution in [1.29, 1.82) is 0 Å². The number of rotatable bonds is 2. The second-order valence-electron chi connectivity index (χ2n) is 4.89. The van der Waals surface area contributed by atoms with E-state index in [4.69, 9.17) is 0 Å². The Bertz CT molecular complexity index is 388. The zero-order valence-electron chi connectivity index (χ0n) is 10.2. The number of hydrogen-bond donors (Lipinski definition) is 0. The highest BCUT2D eigenvalue weighted by molar-refractivity contribution is 14.1. The number of carbonyl (C=O) groups is 1. The normalized spacial score (nSPS) is 20.4. The van der Waals surface area contributed by atoms with Crippen molar-refractivity contribution >= 4 is 28.5 Å². The molecule has 1 aromatic carbocycles. The average Bonchev–Trinajstić information content (AvgIpc) is 2.32. The van der Waals surface area contributed by atoms with Crippen molar-refractivity contribution in [2.75, 3.05) is 13.1 Å². The molecule has 0 N–H and O–H groups in total. The molecule has 0 aromatic heterocycles. The van der Waals surface area contributed by atoms with Crippen molar-refractivity contribution in [3.63, 3.8) is 0 Å². The number of amides is 1. The lowest BCUT2D eigenvalue weighted by Crippen LogP contribution is -2.39. The molecule has 1 amide bonds. The predicted octanol–water partition coefficient (Wildman–Crippen LogP) is 3.09. The van der Waals surface area contributed by atoms with Crippen molar-refractivity contribution in [3.05, 3.63) is 33.4 Å². The zero-order chi connectivity index (χ0) is 12.3. The van der Waals surface area contributed by atoms with Crippen LogP contribution in [0.25, 0.3) is 0 Å². The van der Waals surface area contributed by atoms with Gasteiger partial charge in [-0.05, 0) is 59.0 Å². The van der Waals surface area contributed by atoms with Gasteiger partial charge in [0.25, 0.3) is 0 Å². The van der Waals surface area contributed by atoms with Crippen molar-refractivity contribution in [3.8, 4) is 0 Å². The molecule has 3 heteroatoms. The van der Waals surface area contributed by atoms with Crippen LogP contribution in [0.3, 0.4) is 0 Å². The van der Waals surface area contributed by atoms with Crippen molar-refractivity contribution in [1.82, 2.24) is 4.90 Å². The van der Waals surface area contributed by atoms with Crippen LogP contribution in [0.4, 0.5) is 0 Å². The number of nitrogens with zero attached hydrogens (tertiary/aromatic N) is 1. The van der Waals surface area contributed by atoms with Gasteiger partial charge in [-0.2, -0.15) is 0 Å². The standard InChI is InChI=1S/C14H18INO/c1-11-3-2-8-16(10-11)14(17)9-12-4-6-13(15)7-5-12/h4-7,11H,2-3,8-10H2,1H3. The van der Waals surface area contributed by atoms with Gasteiger partial charge in [-0.15, -0.1) is 0 Å². The maximum absolute atomic E-state index is 12.1. The third-order valence-corrected chi connectivity index (χ3v) is 4.00. The van der Waals surface area contributed by atoms with E-state index in [1.54, 1.807) is 0 Å². The van der Waals surface area contributed by atoms with E-state index in [-0.39, 0.29) is 5.91 Å². The van der Waals surface area contributed by atoms with Crippen molar-refractivity contribution in [2.45, 2.75) is 26.2 Å². The fourth-order valence-corrected chi connectivity index (χ4v) is 2.66. The molecule has 0 spiro atoms. The molecule has 1 atom stereocenters. The lowest BCUT2D eigenvalue weighted by molar-refractivity contribution is -0.132. The molecule has 1 aliphatic rings. The number of halogens is 1. The van der Waals surface area contributed by atoms with Crippen molar-refractivity contribution < 1.29 is 4.79 Å². The Morgan fingerprint density at radius 2 is 2.12 bits per heavy atom. The first-order valence-corrected chi connectivity index (χ1v) is 7.25. The second-order valence-corrected chi connectivity index (χ2v) is 6.14. The Labute approximate surface area is 117 Å². The van der Waals surface area contributed by atoms with Crippen LogP contribution in [-0.2, 0) is 11.2 Å². The minimum atomic E-state index is 0.276.